The summed E-state index contributed by atoms with van der Waals surface area (Å²) in [4.78, 5) is 45.1. The number of fused-ring (bicyclic) bond motifs is 1. The fourth-order valence-corrected chi connectivity index (χ4v) is 5.19. The standard InChI is InChI=1S/C28H35N5O3/c1-17-18(2)30-23-12-11-20(13-22(17)23)15-29-26(35)16-33-25(28(36)32(4)5)14-24(31-19(3)34)27(33)21-9-7-6-8-10-21/h6-13,24-25,27,30H,14-16H2,1-5H3,(H,29,35)(H,31,34)/t24-,25-,27-/m0/s1. The summed E-state index contributed by atoms with van der Waals surface area (Å²) < 4.78 is 0. The summed E-state index contributed by atoms with van der Waals surface area (Å²) in [5, 5.41) is 7.19. The maximum Gasteiger partial charge on any atom is 0.239 e. The molecule has 3 N–H and O–H groups in total. The number of likely N-dealkylation sites (N-methyl/N-ethyl adjacent to an activating group) is 1. The van der Waals surface area contributed by atoms with Crippen LogP contribution in [-0.2, 0) is 20.9 Å². The molecule has 1 aliphatic heterocycles. The summed E-state index contributed by atoms with van der Waals surface area (Å²) in [5.41, 5.74) is 5.39. The average molecular weight is 490 g/mol. The van der Waals surface area contributed by atoms with Crippen molar-refractivity contribution in [3.05, 3.63) is 70.9 Å². The van der Waals surface area contributed by atoms with E-state index in [1.807, 2.05) is 47.4 Å². The van der Waals surface area contributed by atoms with E-state index in [0.717, 1.165) is 27.7 Å². The van der Waals surface area contributed by atoms with Crippen LogP contribution >= 0.6 is 0 Å². The molecule has 2 aromatic carbocycles. The molecule has 3 atom stereocenters. The number of carbonyl (C=O) groups is 3. The van der Waals surface area contributed by atoms with E-state index in [9.17, 15) is 14.4 Å². The third-order valence-corrected chi connectivity index (χ3v) is 7.06. The molecule has 0 spiro atoms. The van der Waals surface area contributed by atoms with Crippen molar-refractivity contribution in [2.24, 2.45) is 0 Å². The molecule has 2 heterocycles. The summed E-state index contributed by atoms with van der Waals surface area (Å²) in [6.45, 7) is 6.05. The zero-order valence-corrected chi connectivity index (χ0v) is 21.6. The van der Waals surface area contributed by atoms with E-state index in [-0.39, 0.29) is 36.3 Å². The number of nitrogens with one attached hydrogen (secondary N) is 3. The van der Waals surface area contributed by atoms with E-state index >= 15 is 0 Å². The molecular formula is C28H35N5O3. The fraction of sp³-hybridized carbons (Fsp3) is 0.393. The summed E-state index contributed by atoms with van der Waals surface area (Å²) >= 11 is 0. The molecule has 8 heteroatoms. The van der Waals surface area contributed by atoms with E-state index in [1.165, 1.54) is 12.5 Å². The van der Waals surface area contributed by atoms with Crippen molar-refractivity contribution in [2.75, 3.05) is 20.6 Å². The molecule has 36 heavy (non-hydrogen) atoms. The van der Waals surface area contributed by atoms with E-state index in [4.69, 9.17) is 0 Å². The quantitative estimate of drug-likeness (QED) is 0.475. The summed E-state index contributed by atoms with van der Waals surface area (Å²) in [5.74, 6) is -0.410. The highest BCUT2D eigenvalue weighted by atomic mass is 16.2. The van der Waals surface area contributed by atoms with Gasteiger partial charge in [-0.1, -0.05) is 36.4 Å². The first-order valence-corrected chi connectivity index (χ1v) is 12.3. The lowest BCUT2D eigenvalue weighted by molar-refractivity contribution is -0.135. The molecule has 4 rings (SSSR count). The molecule has 0 bridgehead atoms. The second-order valence-corrected chi connectivity index (χ2v) is 9.85. The highest BCUT2D eigenvalue weighted by Crippen LogP contribution is 2.37. The van der Waals surface area contributed by atoms with Gasteiger partial charge in [-0.15, -0.1) is 0 Å². The first kappa shape index (κ1) is 25.4. The number of rotatable bonds is 7. The van der Waals surface area contributed by atoms with Crippen LogP contribution in [0.15, 0.2) is 48.5 Å². The number of hydrogen-bond donors (Lipinski definition) is 3. The van der Waals surface area contributed by atoms with Crippen LogP contribution in [0.25, 0.3) is 10.9 Å². The summed E-state index contributed by atoms with van der Waals surface area (Å²) in [7, 11) is 3.43. The maximum absolute atomic E-state index is 13.2. The van der Waals surface area contributed by atoms with Crippen molar-refractivity contribution in [3.8, 4) is 0 Å². The van der Waals surface area contributed by atoms with Crippen LogP contribution in [0, 0.1) is 13.8 Å². The predicted octanol–water partition coefficient (Wildman–Crippen LogP) is 2.81. The van der Waals surface area contributed by atoms with Gasteiger partial charge in [-0.25, -0.2) is 0 Å². The molecule has 1 saturated heterocycles. The third kappa shape index (κ3) is 5.28. The van der Waals surface area contributed by atoms with Crippen LogP contribution < -0.4 is 10.6 Å². The Balaban J connectivity index is 1.55. The van der Waals surface area contributed by atoms with Gasteiger partial charge in [-0.3, -0.25) is 19.3 Å². The largest absolute Gasteiger partial charge is 0.358 e. The Labute approximate surface area is 212 Å². The zero-order valence-electron chi connectivity index (χ0n) is 21.6. The first-order valence-electron chi connectivity index (χ1n) is 12.3. The van der Waals surface area contributed by atoms with Gasteiger partial charge in [0.1, 0.15) is 0 Å². The normalized spacial score (nSPS) is 19.9. The predicted molar refractivity (Wildman–Crippen MR) is 140 cm³/mol. The molecule has 190 valence electrons. The molecule has 3 amide bonds. The van der Waals surface area contributed by atoms with Crippen molar-refractivity contribution in [2.45, 2.75) is 51.9 Å². The number of amides is 3. The van der Waals surface area contributed by atoms with Gasteiger partial charge in [0.05, 0.1) is 24.7 Å². The number of likely N-dealkylation sites (tertiary alicyclic amines) is 1. The Bertz CT molecular complexity index is 1270. The summed E-state index contributed by atoms with van der Waals surface area (Å²) in [6, 6.07) is 14.8. The number of benzene rings is 2. The lowest BCUT2D eigenvalue weighted by atomic mass is 9.99. The minimum atomic E-state index is -0.519. The lowest BCUT2D eigenvalue weighted by Gasteiger charge is -2.31. The zero-order chi connectivity index (χ0) is 26.0. The number of hydrogen-bond acceptors (Lipinski definition) is 4. The smallest absolute Gasteiger partial charge is 0.239 e. The van der Waals surface area contributed by atoms with Crippen LogP contribution in [0.2, 0.25) is 0 Å². The molecule has 1 fully saturated rings. The van der Waals surface area contributed by atoms with Crippen LogP contribution in [-0.4, -0.2) is 65.2 Å². The number of aryl methyl sites for hydroxylation is 2. The Morgan fingerprint density at radius 2 is 1.81 bits per heavy atom. The lowest BCUT2D eigenvalue weighted by Crippen LogP contribution is -2.47. The minimum absolute atomic E-state index is 0.0461. The first-order chi connectivity index (χ1) is 17.2. The summed E-state index contributed by atoms with van der Waals surface area (Å²) in [6.07, 6.45) is 0.437. The maximum atomic E-state index is 13.2. The average Bonchev–Trinajstić information content (AvgIpc) is 3.33. The van der Waals surface area contributed by atoms with Crippen LogP contribution in [0.4, 0.5) is 0 Å². The highest BCUT2D eigenvalue weighted by Gasteiger charge is 2.46. The molecule has 0 saturated carbocycles. The Hall–Kier alpha value is -3.65. The van der Waals surface area contributed by atoms with E-state index in [0.29, 0.717) is 13.0 Å². The Morgan fingerprint density at radius 3 is 2.47 bits per heavy atom. The SMILES string of the molecule is CC(=O)N[C@H]1C[C@@H](C(=O)N(C)C)N(CC(=O)NCc2ccc3[nH]c(C)c(C)c3c2)[C@H]1c1ccccc1. The van der Waals surface area contributed by atoms with Crippen molar-refractivity contribution in [1.82, 2.24) is 25.4 Å². The van der Waals surface area contributed by atoms with Gasteiger partial charge in [-0.2, -0.15) is 0 Å². The third-order valence-electron chi connectivity index (χ3n) is 7.06. The van der Waals surface area contributed by atoms with E-state index in [2.05, 4.69) is 35.5 Å². The molecule has 0 unspecified atom stereocenters. The molecule has 0 radical (unpaired) electrons. The van der Waals surface area contributed by atoms with Gasteiger partial charge in [-0.05, 0) is 49.1 Å². The van der Waals surface area contributed by atoms with Gasteiger partial charge < -0.3 is 20.5 Å². The molecule has 1 aromatic heterocycles. The molecule has 3 aromatic rings. The minimum Gasteiger partial charge on any atom is -0.358 e. The van der Waals surface area contributed by atoms with Crippen molar-refractivity contribution in [1.29, 1.82) is 0 Å². The van der Waals surface area contributed by atoms with Gasteiger partial charge in [0.2, 0.25) is 17.7 Å². The Kier molecular flexibility index (Phi) is 7.45. The van der Waals surface area contributed by atoms with Gasteiger partial charge in [0, 0.05) is 44.2 Å². The highest BCUT2D eigenvalue weighted by molar-refractivity contribution is 5.86. The second kappa shape index (κ2) is 10.5. The molecule has 1 aliphatic rings. The van der Waals surface area contributed by atoms with E-state index < -0.39 is 6.04 Å². The van der Waals surface area contributed by atoms with Crippen molar-refractivity contribution in [3.63, 3.8) is 0 Å². The topological polar surface area (TPSA) is 97.5 Å². The van der Waals surface area contributed by atoms with Crippen molar-refractivity contribution < 1.29 is 14.4 Å². The number of aromatic amines is 1. The van der Waals surface area contributed by atoms with Crippen LogP contribution in [0.5, 0.6) is 0 Å². The number of aromatic nitrogens is 1. The second-order valence-electron chi connectivity index (χ2n) is 9.85. The monoisotopic (exact) mass is 489 g/mol. The molecule has 0 aliphatic carbocycles. The van der Waals surface area contributed by atoms with Gasteiger partial charge >= 0.3 is 0 Å². The van der Waals surface area contributed by atoms with Gasteiger partial charge in [0.15, 0.2) is 0 Å². The van der Waals surface area contributed by atoms with Gasteiger partial charge in [0.25, 0.3) is 0 Å². The fourth-order valence-electron chi connectivity index (χ4n) is 5.19. The molecule has 8 nitrogen and oxygen atoms in total. The van der Waals surface area contributed by atoms with Crippen LogP contribution in [0.3, 0.4) is 0 Å². The number of H-pyrrole nitrogens is 1. The number of carbonyl (C=O) groups excluding carboxylic acids is 3. The molecular weight excluding hydrogens is 454 g/mol. The number of nitrogens with zero attached hydrogens (tertiary/aromatic N) is 2. The van der Waals surface area contributed by atoms with Crippen LogP contribution in [0.1, 0.15) is 41.8 Å². The Morgan fingerprint density at radius 1 is 1.08 bits per heavy atom. The van der Waals surface area contributed by atoms with E-state index in [1.54, 1.807) is 19.0 Å². The van der Waals surface area contributed by atoms with Crippen molar-refractivity contribution >= 4 is 28.6 Å².